The van der Waals surface area contributed by atoms with Crippen molar-refractivity contribution in [3.8, 4) is 0 Å². The molecule has 1 aromatic carbocycles. The van der Waals surface area contributed by atoms with Crippen LogP contribution in [0.5, 0.6) is 0 Å². The lowest BCUT2D eigenvalue weighted by Crippen LogP contribution is -2.15. The largest absolute Gasteiger partial charge is 0.416 e. The van der Waals surface area contributed by atoms with Crippen molar-refractivity contribution in [2.75, 3.05) is 19.9 Å². The van der Waals surface area contributed by atoms with Crippen LogP contribution in [0.1, 0.15) is 25.4 Å². The first kappa shape index (κ1) is 8.93. The summed E-state index contributed by atoms with van der Waals surface area (Å²) < 4.78 is 113. The van der Waals surface area contributed by atoms with Crippen molar-refractivity contribution >= 4 is 10.1 Å². The molecule has 0 aromatic heterocycles. The van der Waals surface area contributed by atoms with E-state index in [4.69, 9.17) is 8.22 Å². The molecule has 1 atom stereocenters. The Kier molecular flexibility index (Phi) is 2.77. The fourth-order valence-corrected chi connectivity index (χ4v) is 1.57. The van der Waals surface area contributed by atoms with Gasteiger partial charge in [-0.1, -0.05) is 12.1 Å². The van der Waals surface area contributed by atoms with Gasteiger partial charge in [0.1, 0.15) is 6.08 Å². The van der Waals surface area contributed by atoms with Gasteiger partial charge in [0.2, 0.25) is 0 Å². The molecule has 0 saturated heterocycles. The van der Waals surface area contributed by atoms with Gasteiger partial charge in [0.25, 0.3) is 10.1 Å². The Morgan fingerprint density at radius 2 is 2.00 bits per heavy atom. The van der Waals surface area contributed by atoms with E-state index in [0.717, 1.165) is 0 Å². The Morgan fingerprint density at radius 1 is 1.42 bits per heavy atom. The Labute approximate surface area is 117 Å². The quantitative estimate of drug-likeness (QED) is 0.784. The number of ether oxygens (including phenoxy) is 1. The van der Waals surface area contributed by atoms with E-state index in [2.05, 4.69) is 8.92 Å². The van der Waals surface area contributed by atoms with Crippen LogP contribution in [0, 0.1) is 0 Å². The van der Waals surface area contributed by atoms with E-state index in [1.807, 2.05) is 0 Å². The zero-order valence-electron chi connectivity index (χ0n) is 15.5. The van der Waals surface area contributed by atoms with Crippen molar-refractivity contribution in [3.63, 3.8) is 0 Å². The van der Waals surface area contributed by atoms with E-state index < -0.39 is 47.1 Å². The number of rotatable bonds is 5. The molecule has 108 valence electrons. The number of hydrogen-bond acceptors (Lipinski definition) is 4. The van der Waals surface area contributed by atoms with Crippen LogP contribution in [0.4, 0.5) is 13.2 Å². The summed E-state index contributed by atoms with van der Waals surface area (Å²) in [6, 6.07) is 2.13. The predicted molar refractivity (Wildman–Crippen MR) is 62.0 cm³/mol. The second-order valence-corrected chi connectivity index (χ2v) is 4.97. The summed E-state index contributed by atoms with van der Waals surface area (Å²) >= 11 is 0. The lowest BCUT2D eigenvalue weighted by molar-refractivity contribution is -0.137. The molecule has 0 amide bonds. The van der Waals surface area contributed by atoms with Gasteiger partial charge in [-0.2, -0.15) is 21.6 Å². The molecule has 0 fully saturated rings. The smallest absolute Gasteiger partial charge is 0.382 e. The van der Waals surface area contributed by atoms with Gasteiger partial charge in [-0.05, 0) is 17.7 Å². The summed E-state index contributed by atoms with van der Waals surface area (Å²) in [7, 11) is -7.89. The first-order valence-corrected chi connectivity index (χ1v) is 6.48. The Morgan fingerprint density at radius 3 is 2.42 bits per heavy atom. The molecule has 0 aliphatic carbocycles. The molecule has 4 nitrogen and oxygen atoms in total. The Hall–Kier alpha value is -1.12. The average Bonchev–Trinajstić information content (AvgIpc) is 2.32. The summed E-state index contributed by atoms with van der Waals surface area (Å²) in [5, 5.41) is 0. The Balaban J connectivity index is 3.47. The fraction of sp³-hybridized carbons (Fsp3) is 0.455. The minimum Gasteiger partial charge on any atom is -0.382 e. The average molecular weight is 304 g/mol. The van der Waals surface area contributed by atoms with Crippen LogP contribution in [0.15, 0.2) is 24.3 Å². The van der Waals surface area contributed by atoms with Gasteiger partial charge < -0.3 is 4.74 Å². The second kappa shape index (κ2) is 5.89. The van der Waals surface area contributed by atoms with E-state index in [0.29, 0.717) is 30.5 Å². The molecule has 0 bridgehead atoms. The highest BCUT2D eigenvalue weighted by molar-refractivity contribution is 7.86. The number of halogens is 3. The normalized spacial score (nSPS) is 22.1. The third-order valence-corrected chi connectivity index (χ3v) is 2.32. The molecule has 1 aromatic rings. The zero-order chi connectivity index (χ0) is 19.9. The molecule has 0 spiro atoms. The van der Waals surface area contributed by atoms with Crippen LogP contribution in [-0.4, -0.2) is 28.3 Å². The van der Waals surface area contributed by atoms with Crippen molar-refractivity contribution in [1.29, 1.82) is 0 Å². The molecule has 0 unspecified atom stereocenters. The molecule has 8 heteroatoms. The summed E-state index contributed by atoms with van der Waals surface area (Å²) in [5.74, 6) is 0. The molecule has 1 rings (SSSR count). The summed E-state index contributed by atoms with van der Waals surface area (Å²) in [4.78, 5) is 0. The molecule has 0 radical (unpaired) electrons. The van der Waals surface area contributed by atoms with E-state index in [9.17, 15) is 21.6 Å². The molecule has 0 heterocycles. The molecule has 0 aliphatic rings. The lowest BCUT2D eigenvalue weighted by atomic mass is 10.1. The third-order valence-electron chi connectivity index (χ3n) is 1.85. The first-order chi connectivity index (χ1) is 10.9. The highest BCUT2D eigenvalue weighted by Crippen LogP contribution is 2.30. The fourth-order valence-electron chi connectivity index (χ4n) is 1.13. The monoisotopic (exact) mass is 304 g/mol. The molecule has 0 saturated carbocycles. The Bertz CT molecular complexity index is 717. The van der Waals surface area contributed by atoms with Crippen molar-refractivity contribution < 1.29 is 38.7 Å². The standard InChI is InChI=1S/C11H13F3O4S/c1-17-7-10(18-19(2,15)16)8-3-5-9(6-4-8)11(12,13)14/h3-6,10H,7H2,1-2H3/t10-/m1/s1/i1D3,7D2,10D. The highest BCUT2D eigenvalue weighted by Gasteiger charge is 2.30. The van der Waals surface area contributed by atoms with Crippen molar-refractivity contribution in [2.45, 2.75) is 12.3 Å². The van der Waals surface area contributed by atoms with Gasteiger partial charge in [-0.25, -0.2) is 0 Å². The van der Waals surface area contributed by atoms with Gasteiger partial charge in [-0.15, -0.1) is 0 Å². The minimum absolute atomic E-state index is 0.464. The van der Waals surface area contributed by atoms with Crippen molar-refractivity contribution in [2.24, 2.45) is 0 Å². The number of methoxy groups -OCH3 is 1. The zero-order valence-corrected chi connectivity index (χ0v) is 10.3. The molecule has 19 heavy (non-hydrogen) atoms. The van der Waals surface area contributed by atoms with E-state index >= 15 is 0 Å². The SMILES string of the molecule is [2H]C([2H])([2H])OC([2H])([2H])[C@@]([2H])(OS(C)(=O)=O)c1ccc(C(F)(F)F)cc1. The number of alkyl halides is 3. The molecule has 0 aliphatic heterocycles. The van der Waals surface area contributed by atoms with Crippen LogP contribution < -0.4 is 0 Å². The summed E-state index contributed by atoms with van der Waals surface area (Å²) in [6.07, 6.45) is -7.57. The van der Waals surface area contributed by atoms with Gasteiger partial charge in [0.15, 0.2) is 0 Å². The molecular weight excluding hydrogens is 285 g/mol. The van der Waals surface area contributed by atoms with Crippen LogP contribution in [0.25, 0.3) is 0 Å². The highest BCUT2D eigenvalue weighted by atomic mass is 32.2. The van der Waals surface area contributed by atoms with Crippen LogP contribution in [0.3, 0.4) is 0 Å². The lowest BCUT2D eigenvalue weighted by Gasteiger charge is -2.16. The topological polar surface area (TPSA) is 52.6 Å². The number of hydrogen-bond donors (Lipinski definition) is 0. The minimum atomic E-state index is -4.73. The van der Waals surface area contributed by atoms with Gasteiger partial charge in [-0.3, -0.25) is 4.18 Å². The maximum Gasteiger partial charge on any atom is 0.416 e. The van der Waals surface area contributed by atoms with E-state index in [1.165, 1.54) is 0 Å². The van der Waals surface area contributed by atoms with Crippen LogP contribution >= 0.6 is 0 Å². The van der Waals surface area contributed by atoms with Crippen molar-refractivity contribution in [3.05, 3.63) is 35.4 Å². The van der Waals surface area contributed by atoms with Gasteiger partial charge in [0.05, 0.1) is 26.6 Å². The van der Waals surface area contributed by atoms with Gasteiger partial charge >= 0.3 is 6.18 Å². The maximum absolute atomic E-state index is 12.6. The second-order valence-electron chi connectivity index (χ2n) is 3.40. The predicted octanol–water partition coefficient (Wildman–Crippen LogP) is 2.37. The van der Waals surface area contributed by atoms with Gasteiger partial charge in [0, 0.05) is 7.04 Å². The van der Waals surface area contributed by atoms with Crippen LogP contribution in [-0.2, 0) is 25.2 Å². The van der Waals surface area contributed by atoms with E-state index in [-0.39, 0.29) is 0 Å². The van der Waals surface area contributed by atoms with Crippen molar-refractivity contribution in [1.82, 2.24) is 0 Å². The molecule has 0 N–H and O–H groups in total. The van der Waals surface area contributed by atoms with Crippen LogP contribution in [0.2, 0.25) is 0 Å². The first-order valence-electron chi connectivity index (χ1n) is 7.66. The molecular formula is C11H13F3O4S. The third kappa shape index (κ3) is 5.17. The number of benzene rings is 1. The van der Waals surface area contributed by atoms with E-state index in [1.54, 1.807) is 0 Å². The summed E-state index contributed by atoms with van der Waals surface area (Å²) in [5.41, 5.74) is -1.84. The maximum atomic E-state index is 12.6. The summed E-state index contributed by atoms with van der Waals surface area (Å²) in [6.45, 7) is -3.55.